The highest BCUT2D eigenvalue weighted by Crippen LogP contribution is 2.40. The van der Waals surface area contributed by atoms with E-state index >= 15 is 0 Å². The first-order valence-corrected chi connectivity index (χ1v) is 11.8. The van der Waals surface area contributed by atoms with Crippen LogP contribution in [0, 0.1) is 0 Å². The second-order valence-electron chi connectivity index (χ2n) is 9.48. The zero-order valence-electron chi connectivity index (χ0n) is 19.6. The summed E-state index contributed by atoms with van der Waals surface area (Å²) in [7, 11) is 0. The number of hydrogen-bond donors (Lipinski definition) is 0. The van der Waals surface area contributed by atoms with Crippen LogP contribution in [0.4, 0.5) is 0 Å². The fourth-order valence-corrected chi connectivity index (χ4v) is 4.18. The Morgan fingerprint density at radius 2 is 1.06 bits per heavy atom. The molecule has 4 heteroatoms. The van der Waals surface area contributed by atoms with Gasteiger partial charge in [-0.05, 0) is 59.4 Å². The number of hydrogen-bond acceptors (Lipinski definition) is 4. The lowest BCUT2D eigenvalue weighted by molar-refractivity contribution is 0.263. The van der Waals surface area contributed by atoms with Crippen molar-refractivity contribution >= 4 is 0 Å². The SMILES string of the molecule is CC(C)c1ccc(C(C)(c2ccc(OCC3CO3)cc2)c2ccc(OCC3CO3)cc2)cc1. The normalized spacial score (nSPS) is 20.8. The summed E-state index contributed by atoms with van der Waals surface area (Å²) in [5, 5.41) is 0. The molecule has 33 heavy (non-hydrogen) atoms. The predicted octanol–water partition coefficient (Wildman–Crippen LogP) is 5.72. The van der Waals surface area contributed by atoms with Crippen molar-refractivity contribution in [3.63, 3.8) is 0 Å². The van der Waals surface area contributed by atoms with Crippen LogP contribution in [0.2, 0.25) is 0 Å². The predicted molar refractivity (Wildman–Crippen MR) is 129 cm³/mol. The molecule has 2 aliphatic rings. The minimum absolute atomic E-state index is 0.252. The van der Waals surface area contributed by atoms with Crippen molar-refractivity contribution in [2.24, 2.45) is 0 Å². The molecular formula is C29H32O4. The van der Waals surface area contributed by atoms with Crippen molar-refractivity contribution in [1.29, 1.82) is 0 Å². The van der Waals surface area contributed by atoms with Crippen LogP contribution in [-0.4, -0.2) is 38.6 Å². The Hall–Kier alpha value is -2.82. The van der Waals surface area contributed by atoms with E-state index in [-0.39, 0.29) is 17.6 Å². The Bertz CT molecular complexity index is 987. The average Bonchev–Trinajstić information content (AvgIpc) is 3.77. The molecule has 0 aromatic heterocycles. The van der Waals surface area contributed by atoms with Crippen LogP contribution >= 0.6 is 0 Å². The molecule has 5 rings (SSSR count). The maximum Gasteiger partial charge on any atom is 0.119 e. The molecule has 2 saturated heterocycles. The minimum atomic E-state index is -0.314. The maximum absolute atomic E-state index is 5.87. The highest BCUT2D eigenvalue weighted by molar-refractivity contribution is 5.51. The van der Waals surface area contributed by atoms with Gasteiger partial charge in [-0.25, -0.2) is 0 Å². The lowest BCUT2D eigenvalue weighted by Crippen LogP contribution is -2.25. The molecule has 4 nitrogen and oxygen atoms in total. The summed E-state index contributed by atoms with van der Waals surface area (Å²) >= 11 is 0. The molecule has 0 bridgehead atoms. The zero-order valence-corrected chi connectivity index (χ0v) is 19.6. The topological polar surface area (TPSA) is 43.5 Å². The van der Waals surface area contributed by atoms with E-state index in [1.54, 1.807) is 0 Å². The third-order valence-electron chi connectivity index (χ3n) is 6.69. The summed E-state index contributed by atoms with van der Waals surface area (Å²) < 4.78 is 22.2. The van der Waals surface area contributed by atoms with Crippen LogP contribution in [0.5, 0.6) is 11.5 Å². The number of epoxide rings is 2. The van der Waals surface area contributed by atoms with Crippen LogP contribution in [0.15, 0.2) is 72.8 Å². The standard InChI is InChI=1S/C29H32O4/c1-20(2)21-4-6-22(7-5-21)29(3,23-8-12-25(13-9-23)30-16-27-18-32-27)24-10-14-26(15-11-24)31-17-28-19-33-28/h4-15,20,27-28H,16-19H2,1-3H3. The molecule has 2 atom stereocenters. The highest BCUT2D eigenvalue weighted by Gasteiger charge is 2.32. The minimum Gasteiger partial charge on any atom is -0.491 e. The molecule has 2 heterocycles. The first-order chi connectivity index (χ1) is 16.0. The Morgan fingerprint density at radius 3 is 1.39 bits per heavy atom. The monoisotopic (exact) mass is 444 g/mol. The molecule has 0 saturated carbocycles. The fraction of sp³-hybridized carbons (Fsp3) is 0.379. The molecule has 2 fully saturated rings. The van der Waals surface area contributed by atoms with Crippen molar-refractivity contribution < 1.29 is 18.9 Å². The smallest absolute Gasteiger partial charge is 0.119 e. The lowest BCUT2D eigenvalue weighted by Gasteiger charge is -2.32. The van der Waals surface area contributed by atoms with Crippen molar-refractivity contribution in [2.45, 2.75) is 44.3 Å². The average molecular weight is 445 g/mol. The van der Waals surface area contributed by atoms with Crippen LogP contribution in [0.25, 0.3) is 0 Å². The summed E-state index contributed by atoms with van der Waals surface area (Å²) in [6.45, 7) is 9.57. The Balaban J connectivity index is 1.45. The summed E-state index contributed by atoms with van der Waals surface area (Å²) in [5.74, 6) is 2.25. The lowest BCUT2D eigenvalue weighted by atomic mass is 9.71. The summed E-state index contributed by atoms with van der Waals surface area (Å²) in [4.78, 5) is 0. The highest BCUT2D eigenvalue weighted by atomic mass is 16.6. The molecule has 0 spiro atoms. The summed E-state index contributed by atoms with van der Waals surface area (Å²) in [5.41, 5.74) is 4.72. The second-order valence-corrected chi connectivity index (χ2v) is 9.48. The maximum atomic E-state index is 5.87. The molecule has 0 amide bonds. The number of rotatable bonds is 10. The van der Waals surface area contributed by atoms with Gasteiger partial charge < -0.3 is 18.9 Å². The van der Waals surface area contributed by atoms with E-state index < -0.39 is 0 Å². The largest absolute Gasteiger partial charge is 0.491 e. The molecule has 2 aliphatic heterocycles. The van der Waals surface area contributed by atoms with Gasteiger partial charge in [-0.2, -0.15) is 0 Å². The van der Waals surface area contributed by atoms with Gasteiger partial charge in [-0.1, -0.05) is 62.4 Å². The van der Waals surface area contributed by atoms with Crippen LogP contribution in [0.3, 0.4) is 0 Å². The van der Waals surface area contributed by atoms with Crippen LogP contribution < -0.4 is 9.47 Å². The van der Waals surface area contributed by atoms with Crippen molar-refractivity contribution in [3.05, 3.63) is 95.1 Å². The molecular weight excluding hydrogens is 412 g/mol. The Morgan fingerprint density at radius 1 is 0.697 bits per heavy atom. The van der Waals surface area contributed by atoms with E-state index in [1.165, 1.54) is 22.3 Å². The van der Waals surface area contributed by atoms with E-state index in [2.05, 4.69) is 93.6 Å². The Kier molecular flexibility index (Phi) is 6.13. The van der Waals surface area contributed by atoms with Gasteiger partial charge in [0, 0.05) is 5.41 Å². The van der Waals surface area contributed by atoms with E-state index in [0.717, 1.165) is 24.7 Å². The van der Waals surface area contributed by atoms with Gasteiger partial charge in [0.25, 0.3) is 0 Å². The van der Waals surface area contributed by atoms with Gasteiger partial charge >= 0.3 is 0 Å². The van der Waals surface area contributed by atoms with Crippen molar-refractivity contribution in [3.8, 4) is 11.5 Å². The van der Waals surface area contributed by atoms with Gasteiger partial charge in [-0.3, -0.25) is 0 Å². The quantitative estimate of drug-likeness (QED) is 0.296. The van der Waals surface area contributed by atoms with Gasteiger partial charge in [0.1, 0.15) is 36.9 Å². The fourth-order valence-electron chi connectivity index (χ4n) is 4.18. The number of ether oxygens (including phenoxy) is 4. The van der Waals surface area contributed by atoms with Gasteiger partial charge in [0.15, 0.2) is 0 Å². The molecule has 2 unspecified atom stereocenters. The third kappa shape index (κ3) is 5.07. The molecule has 0 aliphatic carbocycles. The summed E-state index contributed by atoms with van der Waals surface area (Å²) in [6.07, 6.45) is 0.503. The first kappa shape index (κ1) is 22.0. The zero-order chi connectivity index (χ0) is 22.8. The second kappa shape index (κ2) is 9.20. The van der Waals surface area contributed by atoms with Gasteiger partial charge in [0.05, 0.1) is 13.2 Å². The van der Waals surface area contributed by atoms with Crippen molar-refractivity contribution in [2.75, 3.05) is 26.4 Å². The van der Waals surface area contributed by atoms with E-state index in [1.807, 2.05) is 0 Å². The molecule has 172 valence electrons. The van der Waals surface area contributed by atoms with E-state index in [0.29, 0.717) is 19.1 Å². The van der Waals surface area contributed by atoms with Gasteiger partial charge in [0.2, 0.25) is 0 Å². The van der Waals surface area contributed by atoms with Gasteiger partial charge in [-0.15, -0.1) is 0 Å². The van der Waals surface area contributed by atoms with Crippen molar-refractivity contribution in [1.82, 2.24) is 0 Å². The third-order valence-corrected chi connectivity index (χ3v) is 6.69. The molecule has 3 aromatic carbocycles. The van der Waals surface area contributed by atoms with Crippen LogP contribution in [0.1, 0.15) is 48.9 Å². The van der Waals surface area contributed by atoms with Crippen LogP contribution in [-0.2, 0) is 14.9 Å². The first-order valence-electron chi connectivity index (χ1n) is 11.8. The summed E-state index contributed by atoms with van der Waals surface area (Å²) in [6, 6.07) is 26.0. The molecule has 0 radical (unpaired) electrons. The molecule has 0 N–H and O–H groups in total. The van der Waals surface area contributed by atoms with E-state index in [9.17, 15) is 0 Å². The number of benzene rings is 3. The van der Waals surface area contributed by atoms with E-state index in [4.69, 9.17) is 18.9 Å². The molecule has 3 aromatic rings. The Labute approximate surface area is 196 Å².